The number of hydrogen-bond acceptors (Lipinski definition) is 6. The van der Waals surface area contributed by atoms with Crippen molar-refractivity contribution in [2.24, 2.45) is 0 Å². The summed E-state index contributed by atoms with van der Waals surface area (Å²) in [5.74, 6) is 1.30. The van der Waals surface area contributed by atoms with Crippen molar-refractivity contribution in [1.29, 1.82) is 0 Å². The van der Waals surface area contributed by atoms with Gasteiger partial charge in [-0.05, 0) is 19.1 Å². The van der Waals surface area contributed by atoms with E-state index >= 15 is 0 Å². The van der Waals surface area contributed by atoms with Crippen molar-refractivity contribution < 1.29 is 9.53 Å². The zero-order chi connectivity index (χ0) is 16.9. The molecule has 128 valence electrons. The molecule has 2 heterocycles. The Balaban J connectivity index is 1.59. The van der Waals surface area contributed by atoms with Gasteiger partial charge >= 0.3 is 0 Å². The van der Waals surface area contributed by atoms with Crippen LogP contribution in [0.25, 0.3) is 10.9 Å². The Labute approximate surface area is 141 Å². The van der Waals surface area contributed by atoms with Crippen LogP contribution in [0, 0.1) is 0 Å². The van der Waals surface area contributed by atoms with Crippen molar-refractivity contribution in [2.45, 2.75) is 13.5 Å². The number of ether oxygens (including phenoxy) is 1. The number of carbonyl (C=O) groups is 1. The molecule has 1 aromatic heterocycles. The number of nitrogens with two attached hydrogens (primary N) is 1. The van der Waals surface area contributed by atoms with Gasteiger partial charge in [0.2, 0.25) is 5.91 Å². The number of amides is 1. The fourth-order valence-electron chi connectivity index (χ4n) is 2.86. The van der Waals surface area contributed by atoms with Crippen LogP contribution in [0.1, 0.15) is 12.7 Å². The van der Waals surface area contributed by atoms with Crippen LogP contribution in [-0.4, -0.2) is 65.1 Å². The van der Waals surface area contributed by atoms with E-state index in [-0.39, 0.29) is 12.5 Å². The highest BCUT2D eigenvalue weighted by molar-refractivity contribution is 5.87. The predicted molar refractivity (Wildman–Crippen MR) is 92.3 cm³/mol. The van der Waals surface area contributed by atoms with Crippen LogP contribution in [0.3, 0.4) is 0 Å². The highest BCUT2D eigenvalue weighted by Crippen LogP contribution is 2.18. The summed E-state index contributed by atoms with van der Waals surface area (Å²) in [5.41, 5.74) is 6.90. The molecule has 0 unspecified atom stereocenters. The Kier molecular flexibility index (Phi) is 5.22. The molecule has 0 radical (unpaired) electrons. The quantitative estimate of drug-likeness (QED) is 0.877. The molecule has 1 aliphatic heterocycles. The Bertz CT molecular complexity index is 713. The number of piperazine rings is 1. The number of nitrogens with zero attached hydrogens (tertiary/aromatic N) is 4. The first-order valence-electron chi connectivity index (χ1n) is 8.26. The van der Waals surface area contributed by atoms with Crippen molar-refractivity contribution in [1.82, 2.24) is 19.8 Å². The van der Waals surface area contributed by atoms with Crippen molar-refractivity contribution in [3.63, 3.8) is 0 Å². The molecule has 0 bridgehead atoms. The van der Waals surface area contributed by atoms with E-state index in [0.717, 1.165) is 29.8 Å². The summed E-state index contributed by atoms with van der Waals surface area (Å²) in [6, 6.07) is 7.75. The normalized spacial score (nSPS) is 15.8. The van der Waals surface area contributed by atoms with Crippen LogP contribution >= 0.6 is 0 Å². The molecule has 3 rings (SSSR count). The molecule has 0 atom stereocenters. The first-order chi connectivity index (χ1) is 11.7. The smallest absolute Gasteiger partial charge is 0.248 e. The summed E-state index contributed by atoms with van der Waals surface area (Å²) >= 11 is 0. The number of anilines is 1. The van der Waals surface area contributed by atoms with Gasteiger partial charge < -0.3 is 15.4 Å². The zero-order valence-corrected chi connectivity index (χ0v) is 13.9. The highest BCUT2D eigenvalue weighted by atomic mass is 16.5. The third kappa shape index (κ3) is 3.80. The van der Waals surface area contributed by atoms with Crippen molar-refractivity contribution in [3.05, 3.63) is 30.1 Å². The Morgan fingerprint density at radius 3 is 2.71 bits per heavy atom. The van der Waals surface area contributed by atoms with Gasteiger partial charge in [-0.15, -0.1) is 0 Å². The van der Waals surface area contributed by atoms with Gasteiger partial charge in [0, 0.05) is 38.2 Å². The lowest BCUT2D eigenvalue weighted by atomic mass is 10.2. The molecule has 2 aromatic rings. The number of carbonyl (C=O) groups excluding carboxylic acids is 1. The molecule has 1 aromatic carbocycles. The van der Waals surface area contributed by atoms with E-state index < -0.39 is 0 Å². The third-order valence-corrected chi connectivity index (χ3v) is 4.20. The summed E-state index contributed by atoms with van der Waals surface area (Å²) in [7, 11) is 0. The molecule has 0 saturated carbocycles. The summed E-state index contributed by atoms with van der Waals surface area (Å²) in [6.45, 7) is 6.27. The van der Waals surface area contributed by atoms with E-state index in [2.05, 4.69) is 14.9 Å². The topological polar surface area (TPSA) is 84.6 Å². The minimum Gasteiger partial charge on any atom is -0.383 e. The molecule has 7 heteroatoms. The molecular weight excluding hydrogens is 306 g/mol. The fourth-order valence-corrected chi connectivity index (χ4v) is 2.86. The number of aromatic nitrogens is 2. The lowest BCUT2D eigenvalue weighted by Crippen LogP contribution is -2.49. The summed E-state index contributed by atoms with van der Waals surface area (Å²) in [4.78, 5) is 25.1. The average molecular weight is 329 g/mol. The van der Waals surface area contributed by atoms with Crippen LogP contribution in [0.5, 0.6) is 0 Å². The predicted octanol–water partition coefficient (Wildman–Crippen LogP) is 0.893. The zero-order valence-electron chi connectivity index (χ0n) is 13.9. The SMILES string of the molecule is CCOCC(=O)N1CCN(Cc2nc(N)c3ccccc3n2)CC1. The van der Waals surface area contributed by atoms with E-state index in [1.165, 1.54) is 0 Å². The second kappa shape index (κ2) is 7.55. The van der Waals surface area contributed by atoms with Crippen LogP contribution in [-0.2, 0) is 16.1 Å². The molecule has 1 aliphatic rings. The Hall–Kier alpha value is -2.25. The molecule has 1 saturated heterocycles. The van der Waals surface area contributed by atoms with Crippen molar-refractivity contribution in [2.75, 3.05) is 45.1 Å². The van der Waals surface area contributed by atoms with E-state index in [1.54, 1.807) is 0 Å². The fraction of sp³-hybridized carbons (Fsp3) is 0.471. The van der Waals surface area contributed by atoms with Gasteiger partial charge in [0.25, 0.3) is 0 Å². The number of benzene rings is 1. The van der Waals surface area contributed by atoms with E-state index in [9.17, 15) is 4.79 Å². The average Bonchev–Trinajstić information content (AvgIpc) is 2.60. The number of nitrogen functional groups attached to an aromatic ring is 1. The summed E-state index contributed by atoms with van der Waals surface area (Å²) in [6.07, 6.45) is 0. The molecule has 1 fully saturated rings. The minimum absolute atomic E-state index is 0.0581. The van der Waals surface area contributed by atoms with Gasteiger partial charge in [-0.1, -0.05) is 12.1 Å². The van der Waals surface area contributed by atoms with Gasteiger partial charge in [0.1, 0.15) is 18.2 Å². The maximum Gasteiger partial charge on any atom is 0.248 e. The van der Waals surface area contributed by atoms with Crippen LogP contribution in [0.2, 0.25) is 0 Å². The summed E-state index contributed by atoms with van der Waals surface area (Å²) in [5, 5.41) is 0.882. The Morgan fingerprint density at radius 2 is 1.96 bits per heavy atom. The molecular formula is C17H23N5O2. The first kappa shape index (κ1) is 16.6. The van der Waals surface area contributed by atoms with E-state index in [1.807, 2.05) is 36.1 Å². The largest absolute Gasteiger partial charge is 0.383 e. The molecule has 7 nitrogen and oxygen atoms in total. The monoisotopic (exact) mass is 329 g/mol. The van der Waals surface area contributed by atoms with Crippen LogP contribution in [0.15, 0.2) is 24.3 Å². The first-order valence-corrected chi connectivity index (χ1v) is 8.26. The Morgan fingerprint density at radius 1 is 1.21 bits per heavy atom. The van der Waals surface area contributed by atoms with Gasteiger partial charge in [-0.3, -0.25) is 9.69 Å². The standard InChI is InChI=1S/C17H23N5O2/c1-2-24-12-16(23)22-9-7-21(8-10-22)11-15-19-14-6-4-3-5-13(14)17(18)20-15/h3-6H,2,7-12H2,1H3,(H2,18,19,20). The number of rotatable bonds is 5. The van der Waals surface area contributed by atoms with Crippen molar-refractivity contribution in [3.8, 4) is 0 Å². The molecule has 0 spiro atoms. The maximum atomic E-state index is 12.0. The molecule has 0 aliphatic carbocycles. The van der Waals surface area contributed by atoms with Crippen LogP contribution < -0.4 is 5.73 Å². The lowest BCUT2D eigenvalue weighted by Gasteiger charge is -2.34. The highest BCUT2D eigenvalue weighted by Gasteiger charge is 2.21. The number of fused-ring (bicyclic) bond motifs is 1. The summed E-state index contributed by atoms with van der Waals surface area (Å²) < 4.78 is 5.19. The van der Waals surface area contributed by atoms with Gasteiger partial charge in [-0.25, -0.2) is 9.97 Å². The number of hydrogen-bond donors (Lipinski definition) is 1. The van der Waals surface area contributed by atoms with Gasteiger partial charge in [0.05, 0.1) is 12.1 Å². The second-order valence-electron chi connectivity index (χ2n) is 5.84. The van der Waals surface area contributed by atoms with E-state index in [4.69, 9.17) is 10.5 Å². The molecule has 2 N–H and O–H groups in total. The minimum atomic E-state index is 0.0581. The maximum absolute atomic E-state index is 12.0. The van der Waals surface area contributed by atoms with E-state index in [0.29, 0.717) is 32.1 Å². The molecule has 1 amide bonds. The second-order valence-corrected chi connectivity index (χ2v) is 5.84. The number of para-hydroxylation sites is 1. The van der Waals surface area contributed by atoms with Crippen LogP contribution in [0.4, 0.5) is 5.82 Å². The van der Waals surface area contributed by atoms with Crippen molar-refractivity contribution >= 4 is 22.6 Å². The third-order valence-electron chi connectivity index (χ3n) is 4.20. The van der Waals surface area contributed by atoms with Gasteiger partial charge in [0.15, 0.2) is 0 Å². The lowest BCUT2D eigenvalue weighted by molar-refractivity contribution is -0.137. The van der Waals surface area contributed by atoms with Gasteiger partial charge in [-0.2, -0.15) is 0 Å². The molecule has 24 heavy (non-hydrogen) atoms.